The van der Waals surface area contributed by atoms with Gasteiger partial charge in [-0.3, -0.25) is 9.69 Å². The van der Waals surface area contributed by atoms with Gasteiger partial charge in [0.05, 0.1) is 23.5 Å². The van der Waals surface area contributed by atoms with E-state index in [1.807, 2.05) is 12.1 Å². The Kier molecular flexibility index (Phi) is 10.2. The summed E-state index contributed by atoms with van der Waals surface area (Å²) >= 11 is 1.02. The first kappa shape index (κ1) is 27.5. The van der Waals surface area contributed by atoms with Gasteiger partial charge in [-0.25, -0.2) is 0 Å². The second kappa shape index (κ2) is 13.3. The van der Waals surface area contributed by atoms with Gasteiger partial charge in [0.2, 0.25) is 0 Å². The minimum atomic E-state index is -3.97. The van der Waals surface area contributed by atoms with Crippen LogP contribution < -0.4 is 9.47 Å². The second-order valence-electron chi connectivity index (χ2n) is 8.15. The number of carbonyl (C=O) groups excluding carboxylic acids is 1. The van der Waals surface area contributed by atoms with E-state index in [1.54, 1.807) is 37.5 Å². The molecule has 1 amide bonds. The van der Waals surface area contributed by atoms with Crippen LogP contribution in [0.1, 0.15) is 44.6 Å². The average molecular weight is 529 g/mol. The van der Waals surface area contributed by atoms with Crippen LogP contribution >= 0.6 is 11.8 Å². The fourth-order valence-corrected chi connectivity index (χ4v) is 5.76. The quantitative estimate of drug-likeness (QED) is 0.183. The van der Waals surface area contributed by atoms with Gasteiger partial charge in [0.1, 0.15) is 0 Å². The third-order valence-corrected chi connectivity index (χ3v) is 7.83. The Labute approximate surface area is 218 Å². The molecule has 0 atom stereocenters. The van der Waals surface area contributed by atoms with E-state index in [1.165, 1.54) is 42.4 Å². The van der Waals surface area contributed by atoms with Crippen LogP contribution in [0.2, 0.25) is 0 Å². The van der Waals surface area contributed by atoms with Gasteiger partial charge in [-0.15, -0.1) is 11.0 Å². The van der Waals surface area contributed by atoms with E-state index in [4.69, 9.17) is 9.47 Å². The topological polar surface area (TPSA) is 85.3 Å². The van der Waals surface area contributed by atoms with Crippen LogP contribution in [0.4, 0.5) is 0 Å². The van der Waals surface area contributed by atoms with E-state index in [-0.39, 0.29) is 22.5 Å². The molecule has 3 rings (SSSR count). The molecule has 1 fully saturated rings. The predicted molar refractivity (Wildman–Crippen MR) is 146 cm³/mol. The van der Waals surface area contributed by atoms with Crippen LogP contribution in [-0.4, -0.2) is 44.7 Å². The highest BCUT2D eigenvalue weighted by molar-refractivity contribution is 8.19. The molecule has 9 heteroatoms. The molecule has 1 aliphatic rings. The normalized spacial score (nSPS) is 16.1. The Morgan fingerprint density at radius 2 is 1.81 bits per heavy atom. The maximum Gasteiger partial charge on any atom is 0.284 e. The predicted octanol–water partition coefficient (Wildman–Crippen LogP) is 5.89. The van der Waals surface area contributed by atoms with Crippen molar-refractivity contribution in [3.63, 3.8) is 0 Å². The number of thioether (sulfide) groups is 1. The van der Waals surface area contributed by atoms with Gasteiger partial charge < -0.3 is 9.47 Å². The van der Waals surface area contributed by atoms with Crippen LogP contribution in [0, 0.1) is 0 Å². The van der Waals surface area contributed by atoms with Crippen LogP contribution in [0.3, 0.4) is 0 Å². The Morgan fingerprint density at radius 1 is 1.06 bits per heavy atom. The number of hydrogen-bond acceptors (Lipinski definition) is 6. The third-order valence-electron chi connectivity index (χ3n) is 5.43. The number of ether oxygens (including phenoxy) is 2. The van der Waals surface area contributed by atoms with Crippen molar-refractivity contribution < 1.29 is 22.7 Å². The van der Waals surface area contributed by atoms with Crippen molar-refractivity contribution in [2.75, 3.05) is 20.3 Å². The molecule has 0 aliphatic carbocycles. The molecule has 2 aromatic rings. The first-order valence-electron chi connectivity index (χ1n) is 11.9. The molecule has 0 N–H and O–H groups in total. The Morgan fingerprint density at radius 3 is 2.50 bits per heavy atom. The summed E-state index contributed by atoms with van der Waals surface area (Å²) < 4.78 is 40.9. The number of carbonyl (C=O) groups is 1. The Hall–Kier alpha value is -3.04. The summed E-state index contributed by atoms with van der Waals surface area (Å²) in [6.07, 6.45) is 8.90. The van der Waals surface area contributed by atoms with E-state index in [0.29, 0.717) is 23.0 Å². The number of methoxy groups -OCH3 is 1. The zero-order chi connectivity index (χ0) is 26.0. The molecule has 0 unspecified atom stereocenters. The molecule has 192 valence electrons. The zero-order valence-electron chi connectivity index (χ0n) is 20.7. The number of sulfonamides is 1. The monoisotopic (exact) mass is 528 g/mol. The molecule has 36 heavy (non-hydrogen) atoms. The summed E-state index contributed by atoms with van der Waals surface area (Å²) in [5.74, 6) is 0.873. The van der Waals surface area contributed by atoms with Crippen molar-refractivity contribution >= 4 is 38.9 Å². The van der Waals surface area contributed by atoms with Crippen molar-refractivity contribution in [3.05, 3.63) is 71.7 Å². The maximum absolute atomic E-state index is 13.1. The summed E-state index contributed by atoms with van der Waals surface area (Å²) in [7, 11) is -2.39. The fraction of sp³-hybridized carbons (Fsp3) is 0.333. The van der Waals surface area contributed by atoms with Gasteiger partial charge in [0.15, 0.2) is 16.7 Å². The fourth-order valence-electron chi connectivity index (χ4n) is 3.55. The molecule has 0 radical (unpaired) electrons. The lowest BCUT2D eigenvalue weighted by Crippen LogP contribution is -2.29. The second-order valence-corrected chi connectivity index (χ2v) is 10.8. The lowest BCUT2D eigenvalue weighted by atomic mass is 10.1. The third kappa shape index (κ3) is 7.24. The van der Waals surface area contributed by atoms with Gasteiger partial charge in [-0.2, -0.15) is 8.42 Å². The van der Waals surface area contributed by atoms with Crippen molar-refractivity contribution in [2.24, 2.45) is 4.40 Å². The molecule has 0 saturated carbocycles. The highest BCUT2D eigenvalue weighted by Crippen LogP contribution is 2.35. The summed E-state index contributed by atoms with van der Waals surface area (Å²) in [6, 6.07) is 13.4. The molecule has 1 heterocycles. The number of hydrogen-bond donors (Lipinski definition) is 0. The number of amides is 1. The summed E-state index contributed by atoms with van der Waals surface area (Å²) in [5.41, 5.74) is 0.735. The highest BCUT2D eigenvalue weighted by Gasteiger charge is 2.34. The van der Waals surface area contributed by atoms with Gasteiger partial charge in [0.25, 0.3) is 15.9 Å². The molecule has 0 bridgehead atoms. The number of amidine groups is 1. The molecule has 1 saturated heterocycles. The lowest BCUT2D eigenvalue weighted by molar-refractivity contribution is -0.121. The average Bonchev–Trinajstić information content (AvgIpc) is 3.15. The molecule has 2 aromatic carbocycles. The number of unbranched alkanes of at least 4 members (excludes halogenated alkanes) is 4. The van der Waals surface area contributed by atoms with Gasteiger partial charge in [-0.1, -0.05) is 62.9 Å². The van der Waals surface area contributed by atoms with Crippen LogP contribution in [0.15, 0.2) is 75.4 Å². The first-order valence-corrected chi connectivity index (χ1v) is 14.2. The largest absolute Gasteiger partial charge is 0.493 e. The molecule has 0 aromatic heterocycles. The maximum atomic E-state index is 13.1. The minimum Gasteiger partial charge on any atom is -0.493 e. The Balaban J connectivity index is 1.83. The van der Waals surface area contributed by atoms with Crippen LogP contribution in [0.25, 0.3) is 6.08 Å². The van der Waals surface area contributed by atoms with Gasteiger partial charge >= 0.3 is 0 Å². The van der Waals surface area contributed by atoms with Crippen molar-refractivity contribution in [1.82, 2.24) is 4.90 Å². The SMILES string of the molecule is C=CCN1C(=O)/C(=C/c2ccc(OC)c(OCCCCCCC)c2)S/C1=N/S(=O)(=O)c1ccccc1. The molecule has 0 spiro atoms. The number of nitrogens with zero attached hydrogens (tertiary/aromatic N) is 2. The first-order chi connectivity index (χ1) is 17.4. The zero-order valence-corrected chi connectivity index (χ0v) is 22.3. The standard InChI is InChI=1S/C27H32N2O5S2/c1-4-6-7-8-12-18-34-24-19-21(15-16-23(24)33-3)20-25-26(30)29(17-5-2)27(35-25)28-36(31,32)22-13-10-9-11-14-22/h5,9-11,13-16,19-20H,2,4,6-8,12,17-18H2,1,3H3/b25-20-,28-27+. The molecular weight excluding hydrogens is 496 g/mol. The van der Waals surface area contributed by atoms with E-state index in [9.17, 15) is 13.2 Å². The number of rotatable bonds is 13. The summed E-state index contributed by atoms with van der Waals surface area (Å²) in [6.45, 7) is 6.58. The smallest absolute Gasteiger partial charge is 0.284 e. The van der Waals surface area contributed by atoms with E-state index in [0.717, 1.165) is 30.2 Å². The van der Waals surface area contributed by atoms with E-state index in [2.05, 4.69) is 17.9 Å². The van der Waals surface area contributed by atoms with Crippen molar-refractivity contribution in [2.45, 2.75) is 43.9 Å². The Bertz CT molecular complexity index is 1220. The highest BCUT2D eigenvalue weighted by atomic mass is 32.2. The van der Waals surface area contributed by atoms with Gasteiger partial charge in [0, 0.05) is 6.54 Å². The van der Waals surface area contributed by atoms with Crippen molar-refractivity contribution in [1.29, 1.82) is 0 Å². The van der Waals surface area contributed by atoms with E-state index < -0.39 is 10.0 Å². The van der Waals surface area contributed by atoms with Crippen LogP contribution in [-0.2, 0) is 14.8 Å². The molecule has 1 aliphatic heterocycles. The molecular formula is C27H32N2O5S2. The molecule has 7 nitrogen and oxygen atoms in total. The van der Waals surface area contributed by atoms with E-state index >= 15 is 0 Å². The van der Waals surface area contributed by atoms with Crippen LogP contribution in [0.5, 0.6) is 11.5 Å². The van der Waals surface area contributed by atoms with Gasteiger partial charge in [-0.05, 0) is 54.1 Å². The minimum absolute atomic E-state index is 0.0631. The lowest BCUT2D eigenvalue weighted by Gasteiger charge is -2.12. The summed E-state index contributed by atoms with van der Waals surface area (Å²) in [5, 5.41) is 0.0899. The number of benzene rings is 2. The van der Waals surface area contributed by atoms with Crippen molar-refractivity contribution in [3.8, 4) is 11.5 Å². The summed E-state index contributed by atoms with van der Waals surface area (Å²) in [4.78, 5) is 14.8.